The van der Waals surface area contributed by atoms with Crippen LogP contribution in [0.2, 0.25) is 0 Å². The fourth-order valence-corrected chi connectivity index (χ4v) is 2.74. The minimum absolute atomic E-state index is 0.0294. The van der Waals surface area contributed by atoms with Crippen LogP contribution in [0.4, 0.5) is 5.69 Å². The lowest BCUT2D eigenvalue weighted by molar-refractivity contribution is -0.137. The van der Waals surface area contributed by atoms with Crippen molar-refractivity contribution in [3.8, 4) is 0 Å². The van der Waals surface area contributed by atoms with Crippen LogP contribution in [0.1, 0.15) is 31.7 Å². The van der Waals surface area contributed by atoms with E-state index in [0.717, 1.165) is 11.3 Å². The number of amides is 1. The number of hydrogen-bond donors (Lipinski definition) is 2. The molecule has 0 spiro atoms. The van der Waals surface area contributed by atoms with Gasteiger partial charge in [-0.15, -0.1) is 0 Å². The minimum Gasteiger partial charge on any atom is -0.481 e. The molecule has 1 aromatic rings. The lowest BCUT2D eigenvalue weighted by Crippen LogP contribution is -2.44. The van der Waals surface area contributed by atoms with Crippen molar-refractivity contribution in [1.82, 2.24) is 5.32 Å². The molecule has 2 unspecified atom stereocenters. The van der Waals surface area contributed by atoms with E-state index in [2.05, 4.69) is 5.32 Å². The van der Waals surface area contributed by atoms with Crippen LogP contribution in [-0.4, -0.2) is 36.1 Å². The Labute approximate surface area is 118 Å². The van der Waals surface area contributed by atoms with Crippen LogP contribution >= 0.6 is 0 Å². The standard InChI is InChI=1S/C15H20N2O3/c1-3-16-15(20)10(2)17-9-11(8-14(18)19)12-6-4-5-7-13(12)17/h4-7,10-11H,3,8-9H2,1-2H3,(H,16,20)(H,18,19). The Morgan fingerprint density at radius 1 is 1.45 bits per heavy atom. The van der Waals surface area contributed by atoms with Gasteiger partial charge in [0.15, 0.2) is 0 Å². The SMILES string of the molecule is CCNC(=O)C(C)N1CC(CC(=O)O)c2ccccc21. The Morgan fingerprint density at radius 3 is 2.80 bits per heavy atom. The Bertz CT molecular complexity index is 516. The minimum atomic E-state index is -0.808. The first-order valence-corrected chi connectivity index (χ1v) is 6.89. The molecule has 2 rings (SSSR count). The molecule has 5 heteroatoms. The first-order valence-electron chi connectivity index (χ1n) is 6.89. The third kappa shape index (κ3) is 2.76. The summed E-state index contributed by atoms with van der Waals surface area (Å²) in [5, 5.41) is 11.8. The van der Waals surface area contributed by atoms with E-state index in [0.29, 0.717) is 13.1 Å². The second kappa shape index (κ2) is 5.94. The van der Waals surface area contributed by atoms with Gasteiger partial charge < -0.3 is 15.3 Å². The number of carbonyl (C=O) groups excluding carboxylic acids is 1. The van der Waals surface area contributed by atoms with Crippen LogP contribution in [0.25, 0.3) is 0 Å². The molecule has 0 fully saturated rings. The molecule has 5 nitrogen and oxygen atoms in total. The van der Waals surface area contributed by atoms with Crippen LogP contribution in [0.15, 0.2) is 24.3 Å². The van der Waals surface area contributed by atoms with E-state index in [1.807, 2.05) is 43.0 Å². The highest BCUT2D eigenvalue weighted by atomic mass is 16.4. The molecule has 1 amide bonds. The quantitative estimate of drug-likeness (QED) is 0.857. The molecule has 1 aromatic carbocycles. The molecular formula is C15H20N2O3. The van der Waals surface area contributed by atoms with Gasteiger partial charge in [-0.1, -0.05) is 18.2 Å². The maximum Gasteiger partial charge on any atom is 0.304 e. The highest BCUT2D eigenvalue weighted by Crippen LogP contribution is 2.38. The number of hydrogen-bond acceptors (Lipinski definition) is 3. The van der Waals surface area contributed by atoms with Crippen LogP contribution in [0, 0.1) is 0 Å². The summed E-state index contributed by atoms with van der Waals surface area (Å²) in [5.41, 5.74) is 1.99. The van der Waals surface area contributed by atoms with Crippen molar-refractivity contribution in [2.45, 2.75) is 32.2 Å². The highest BCUT2D eigenvalue weighted by molar-refractivity contribution is 5.86. The van der Waals surface area contributed by atoms with E-state index in [-0.39, 0.29) is 24.3 Å². The third-order valence-electron chi connectivity index (χ3n) is 3.72. The molecule has 2 atom stereocenters. The molecule has 108 valence electrons. The molecule has 1 aliphatic rings. The number of nitrogens with one attached hydrogen (secondary N) is 1. The topological polar surface area (TPSA) is 69.6 Å². The van der Waals surface area contributed by atoms with E-state index in [1.54, 1.807) is 0 Å². The number of nitrogens with zero attached hydrogens (tertiary/aromatic N) is 1. The van der Waals surface area contributed by atoms with Crippen LogP contribution in [0.3, 0.4) is 0 Å². The molecule has 20 heavy (non-hydrogen) atoms. The van der Waals surface area contributed by atoms with E-state index < -0.39 is 5.97 Å². The average Bonchev–Trinajstić information content (AvgIpc) is 2.77. The van der Waals surface area contributed by atoms with Gasteiger partial charge in [-0.05, 0) is 25.5 Å². The predicted octanol–water partition coefficient (Wildman–Crippen LogP) is 1.59. The zero-order chi connectivity index (χ0) is 14.7. The number of benzene rings is 1. The number of carbonyl (C=O) groups is 2. The van der Waals surface area contributed by atoms with Crippen LogP contribution in [0.5, 0.6) is 0 Å². The largest absolute Gasteiger partial charge is 0.481 e. The normalized spacial score (nSPS) is 18.5. The van der Waals surface area contributed by atoms with Gasteiger partial charge in [0.2, 0.25) is 5.91 Å². The number of anilines is 1. The smallest absolute Gasteiger partial charge is 0.304 e. The number of carboxylic acids is 1. The molecular weight excluding hydrogens is 256 g/mol. The second-order valence-electron chi connectivity index (χ2n) is 5.08. The summed E-state index contributed by atoms with van der Waals surface area (Å²) < 4.78 is 0. The van der Waals surface area contributed by atoms with Gasteiger partial charge in [0, 0.05) is 24.7 Å². The van der Waals surface area contributed by atoms with Crippen molar-refractivity contribution in [1.29, 1.82) is 0 Å². The lowest BCUT2D eigenvalue weighted by atomic mass is 9.98. The van der Waals surface area contributed by atoms with Gasteiger partial charge in [0.1, 0.15) is 6.04 Å². The number of fused-ring (bicyclic) bond motifs is 1. The Kier molecular flexibility index (Phi) is 4.27. The maximum atomic E-state index is 12.0. The molecule has 0 bridgehead atoms. The van der Waals surface area contributed by atoms with E-state index in [4.69, 9.17) is 5.11 Å². The monoisotopic (exact) mass is 276 g/mol. The number of carboxylic acid groups (broad SMARTS) is 1. The lowest BCUT2D eigenvalue weighted by Gasteiger charge is -2.26. The summed E-state index contributed by atoms with van der Waals surface area (Å²) in [6.07, 6.45) is 0.0929. The van der Waals surface area contributed by atoms with E-state index in [9.17, 15) is 9.59 Å². The van der Waals surface area contributed by atoms with Crippen molar-refractivity contribution in [3.05, 3.63) is 29.8 Å². The first-order chi connectivity index (χ1) is 9.54. The predicted molar refractivity (Wildman–Crippen MR) is 76.9 cm³/mol. The fraction of sp³-hybridized carbons (Fsp3) is 0.467. The zero-order valence-corrected chi connectivity index (χ0v) is 11.8. The second-order valence-corrected chi connectivity index (χ2v) is 5.08. The summed E-state index contributed by atoms with van der Waals surface area (Å²) in [6, 6.07) is 7.43. The summed E-state index contributed by atoms with van der Waals surface area (Å²) >= 11 is 0. The molecule has 0 saturated carbocycles. The van der Waals surface area contributed by atoms with Gasteiger partial charge in [-0.25, -0.2) is 0 Å². The van der Waals surface area contributed by atoms with Crippen LogP contribution in [-0.2, 0) is 9.59 Å². The highest BCUT2D eigenvalue weighted by Gasteiger charge is 2.34. The van der Waals surface area contributed by atoms with Gasteiger partial charge in [-0.2, -0.15) is 0 Å². The number of para-hydroxylation sites is 1. The molecule has 0 saturated heterocycles. The molecule has 0 radical (unpaired) electrons. The molecule has 0 aliphatic carbocycles. The van der Waals surface area contributed by atoms with E-state index >= 15 is 0 Å². The maximum absolute atomic E-state index is 12.0. The van der Waals surface area contributed by atoms with Crippen molar-refractivity contribution < 1.29 is 14.7 Å². The van der Waals surface area contributed by atoms with Gasteiger partial charge >= 0.3 is 5.97 Å². The van der Waals surface area contributed by atoms with Gasteiger partial charge in [0.25, 0.3) is 0 Å². The Hall–Kier alpha value is -2.04. The summed E-state index contributed by atoms with van der Waals surface area (Å²) in [5.74, 6) is -0.892. The summed E-state index contributed by atoms with van der Waals surface area (Å²) in [4.78, 5) is 25.0. The first kappa shape index (κ1) is 14.4. The third-order valence-corrected chi connectivity index (χ3v) is 3.72. The summed E-state index contributed by atoms with van der Waals surface area (Å²) in [7, 11) is 0. The van der Waals surface area contributed by atoms with Gasteiger partial charge in [0.05, 0.1) is 6.42 Å². The van der Waals surface area contributed by atoms with Crippen molar-refractivity contribution in [3.63, 3.8) is 0 Å². The Balaban J connectivity index is 2.24. The van der Waals surface area contributed by atoms with Crippen LogP contribution < -0.4 is 10.2 Å². The molecule has 1 heterocycles. The molecule has 1 aliphatic heterocycles. The number of likely N-dealkylation sites (N-methyl/N-ethyl adjacent to an activating group) is 1. The van der Waals surface area contributed by atoms with Gasteiger partial charge in [-0.3, -0.25) is 9.59 Å². The average molecular weight is 276 g/mol. The fourth-order valence-electron chi connectivity index (χ4n) is 2.74. The van der Waals surface area contributed by atoms with Crippen molar-refractivity contribution in [2.24, 2.45) is 0 Å². The van der Waals surface area contributed by atoms with Crippen molar-refractivity contribution >= 4 is 17.6 Å². The zero-order valence-electron chi connectivity index (χ0n) is 11.8. The summed E-state index contributed by atoms with van der Waals surface area (Å²) in [6.45, 7) is 4.90. The number of aliphatic carboxylic acids is 1. The molecule has 0 aromatic heterocycles. The van der Waals surface area contributed by atoms with Crippen molar-refractivity contribution in [2.75, 3.05) is 18.0 Å². The molecule has 2 N–H and O–H groups in total. The number of rotatable bonds is 5. The Morgan fingerprint density at radius 2 is 2.15 bits per heavy atom. The van der Waals surface area contributed by atoms with E-state index in [1.165, 1.54) is 0 Å².